The predicted octanol–water partition coefficient (Wildman–Crippen LogP) is 7.40. The second-order valence-electron chi connectivity index (χ2n) is 17.5. The Kier molecular flexibility index (Phi) is 8.33. The van der Waals surface area contributed by atoms with Crippen molar-refractivity contribution >= 4 is 12.0 Å². The van der Waals surface area contributed by atoms with Gasteiger partial charge in [-0.05, 0) is 128 Å². The molecule has 7 fully saturated rings. The summed E-state index contributed by atoms with van der Waals surface area (Å²) in [5.74, 6) is 5.01. The number of hydrogen-bond donors (Lipinski definition) is 0. The SMILES string of the molecule is COc1ccc(C(=O)N2CCN(C(=O)O[C@H]3CC[C@@]4(C)[C@H](CC[C@@H]5[C@@H]4CC[C@]4(C)[C@@H]6[C@H](C[C@@H]54)O[C@]4(CC[C@H](C)CO4)[C@H]6C)C3)CC2)cc1. The summed E-state index contributed by atoms with van der Waals surface area (Å²) >= 11 is 0. The molecule has 48 heavy (non-hydrogen) atoms. The van der Waals surface area contributed by atoms with E-state index in [1.165, 1.54) is 38.5 Å². The smallest absolute Gasteiger partial charge is 0.410 e. The van der Waals surface area contributed by atoms with Crippen LogP contribution in [0.3, 0.4) is 0 Å². The number of carbonyl (C=O) groups excluding carboxylic acids is 2. The molecule has 1 aromatic rings. The molecule has 12 atom stereocenters. The average Bonchev–Trinajstić information content (AvgIpc) is 3.55. The molecule has 0 radical (unpaired) electrons. The van der Waals surface area contributed by atoms with E-state index in [4.69, 9.17) is 18.9 Å². The molecule has 1 aromatic carbocycles. The van der Waals surface area contributed by atoms with Gasteiger partial charge in [-0.25, -0.2) is 4.79 Å². The third kappa shape index (κ3) is 5.20. The summed E-state index contributed by atoms with van der Waals surface area (Å²) in [5.41, 5.74) is 1.32. The molecule has 264 valence electrons. The lowest BCUT2D eigenvalue weighted by Crippen LogP contribution is -2.55. The zero-order valence-corrected chi connectivity index (χ0v) is 30.0. The van der Waals surface area contributed by atoms with E-state index < -0.39 is 0 Å². The number of carbonyl (C=O) groups is 2. The molecule has 7 aliphatic rings. The first kappa shape index (κ1) is 32.9. The Labute approximate surface area is 287 Å². The van der Waals surface area contributed by atoms with Gasteiger partial charge in [-0.15, -0.1) is 0 Å². The van der Waals surface area contributed by atoms with Crippen LogP contribution >= 0.6 is 0 Å². The van der Waals surface area contributed by atoms with Crippen LogP contribution < -0.4 is 4.74 Å². The number of nitrogens with zero attached hydrogens (tertiary/aromatic N) is 2. The van der Waals surface area contributed by atoms with Gasteiger partial charge in [0.15, 0.2) is 5.79 Å². The minimum atomic E-state index is -0.339. The van der Waals surface area contributed by atoms with Crippen LogP contribution in [-0.4, -0.2) is 79.7 Å². The van der Waals surface area contributed by atoms with Gasteiger partial charge in [0.25, 0.3) is 5.91 Å². The van der Waals surface area contributed by atoms with E-state index in [0.29, 0.717) is 72.3 Å². The average molecular weight is 663 g/mol. The highest BCUT2D eigenvalue weighted by atomic mass is 16.7. The summed E-state index contributed by atoms with van der Waals surface area (Å²) in [6.45, 7) is 12.9. The molecule has 1 spiro atoms. The van der Waals surface area contributed by atoms with Crippen LogP contribution in [-0.2, 0) is 14.2 Å². The first-order chi connectivity index (χ1) is 23.0. The Morgan fingerprint density at radius 2 is 1.56 bits per heavy atom. The third-order valence-corrected chi connectivity index (χ3v) is 15.3. The van der Waals surface area contributed by atoms with Crippen molar-refractivity contribution in [3.8, 4) is 5.75 Å². The predicted molar refractivity (Wildman–Crippen MR) is 182 cm³/mol. The van der Waals surface area contributed by atoms with E-state index in [9.17, 15) is 9.59 Å². The Morgan fingerprint density at radius 1 is 0.833 bits per heavy atom. The standard InChI is InChI=1S/C40H58N2O6/c1-25-12-17-40(46-24-25)26(2)35-34(48-40)23-33-31-11-8-28-22-30(13-15-38(28,3)32(31)14-16-39(33,35)4)47-37(44)42-20-18-41(19-21-42)36(43)27-6-9-29(45-5)10-7-27/h6-7,9-10,25-26,28,30-35H,8,11-24H2,1-5H3/t25-,26-,28+,30-,31+,32-,33-,34-,35-,38-,39-,40+/m0/s1. The summed E-state index contributed by atoms with van der Waals surface area (Å²) in [6, 6.07) is 7.22. The van der Waals surface area contributed by atoms with Crippen LogP contribution in [0.15, 0.2) is 24.3 Å². The molecule has 4 saturated carbocycles. The fourth-order valence-electron chi connectivity index (χ4n) is 12.6. The number of benzene rings is 1. The Morgan fingerprint density at radius 3 is 2.27 bits per heavy atom. The van der Waals surface area contributed by atoms with E-state index in [2.05, 4.69) is 27.7 Å². The van der Waals surface area contributed by atoms with Gasteiger partial charge in [0, 0.05) is 44.1 Å². The van der Waals surface area contributed by atoms with E-state index in [1.807, 2.05) is 17.0 Å². The van der Waals surface area contributed by atoms with Crippen LogP contribution in [0.1, 0.15) is 102 Å². The molecule has 0 bridgehead atoms. The number of hydrogen-bond acceptors (Lipinski definition) is 6. The molecular formula is C40H58N2O6. The molecule has 3 aliphatic heterocycles. The lowest BCUT2D eigenvalue weighted by Gasteiger charge is -2.61. The van der Waals surface area contributed by atoms with Crippen LogP contribution in [0, 0.1) is 52.3 Å². The number of piperazine rings is 1. The second-order valence-corrected chi connectivity index (χ2v) is 17.5. The lowest BCUT2D eigenvalue weighted by molar-refractivity contribution is -0.273. The monoisotopic (exact) mass is 662 g/mol. The molecule has 8 nitrogen and oxygen atoms in total. The normalized spacial score (nSPS) is 45.1. The van der Waals surface area contributed by atoms with Crippen LogP contribution in [0.5, 0.6) is 5.75 Å². The first-order valence-electron chi connectivity index (χ1n) is 19.3. The zero-order chi connectivity index (χ0) is 33.4. The molecule has 0 aromatic heterocycles. The van der Waals surface area contributed by atoms with Crippen molar-refractivity contribution in [2.75, 3.05) is 39.9 Å². The lowest BCUT2D eigenvalue weighted by atomic mass is 9.44. The summed E-state index contributed by atoms with van der Waals surface area (Å²) in [5, 5.41) is 0. The first-order valence-corrected chi connectivity index (χ1v) is 19.3. The van der Waals surface area contributed by atoms with Crippen molar-refractivity contribution in [2.24, 2.45) is 52.3 Å². The van der Waals surface area contributed by atoms with Gasteiger partial charge in [0.1, 0.15) is 11.9 Å². The van der Waals surface area contributed by atoms with Crippen molar-refractivity contribution in [2.45, 2.75) is 110 Å². The van der Waals surface area contributed by atoms with Crippen LogP contribution in [0.25, 0.3) is 0 Å². The summed E-state index contributed by atoms with van der Waals surface area (Å²) < 4.78 is 25.0. The summed E-state index contributed by atoms with van der Waals surface area (Å²) in [7, 11) is 1.62. The molecule has 4 aliphatic carbocycles. The second kappa shape index (κ2) is 12.2. The van der Waals surface area contributed by atoms with E-state index >= 15 is 0 Å². The van der Waals surface area contributed by atoms with Crippen LogP contribution in [0.4, 0.5) is 4.79 Å². The van der Waals surface area contributed by atoms with Crippen molar-refractivity contribution in [1.29, 1.82) is 0 Å². The minimum Gasteiger partial charge on any atom is -0.497 e. The maximum absolute atomic E-state index is 13.3. The van der Waals surface area contributed by atoms with E-state index in [0.717, 1.165) is 55.8 Å². The highest BCUT2D eigenvalue weighted by Crippen LogP contribution is 2.71. The topological polar surface area (TPSA) is 77.5 Å². The zero-order valence-electron chi connectivity index (χ0n) is 30.0. The number of fused-ring (bicyclic) bond motifs is 7. The van der Waals surface area contributed by atoms with E-state index in [1.54, 1.807) is 24.1 Å². The van der Waals surface area contributed by atoms with Gasteiger partial charge in [0.2, 0.25) is 0 Å². The van der Waals surface area contributed by atoms with Crippen molar-refractivity contribution in [3.05, 3.63) is 29.8 Å². The third-order valence-electron chi connectivity index (χ3n) is 15.3. The van der Waals surface area contributed by atoms with Gasteiger partial charge in [0.05, 0.1) is 19.8 Å². The Hall–Kier alpha value is -2.32. The summed E-state index contributed by atoms with van der Waals surface area (Å²) in [6.07, 6.45) is 11.9. The molecule has 3 saturated heterocycles. The Bertz CT molecular complexity index is 1370. The van der Waals surface area contributed by atoms with Gasteiger partial charge in [-0.3, -0.25) is 4.79 Å². The number of amides is 2. The summed E-state index contributed by atoms with van der Waals surface area (Å²) in [4.78, 5) is 30.0. The van der Waals surface area contributed by atoms with Crippen molar-refractivity contribution in [3.63, 3.8) is 0 Å². The quantitative estimate of drug-likeness (QED) is 0.336. The fourth-order valence-corrected chi connectivity index (χ4v) is 12.6. The van der Waals surface area contributed by atoms with E-state index in [-0.39, 0.29) is 23.9 Å². The number of ether oxygens (including phenoxy) is 4. The maximum Gasteiger partial charge on any atom is 0.410 e. The molecule has 0 N–H and O–H groups in total. The van der Waals surface area contributed by atoms with Gasteiger partial charge >= 0.3 is 6.09 Å². The van der Waals surface area contributed by atoms with Gasteiger partial charge in [-0.1, -0.05) is 27.7 Å². The number of rotatable bonds is 3. The van der Waals surface area contributed by atoms with Crippen molar-refractivity contribution < 1.29 is 28.5 Å². The van der Waals surface area contributed by atoms with Gasteiger partial charge < -0.3 is 28.7 Å². The van der Waals surface area contributed by atoms with Crippen molar-refractivity contribution in [1.82, 2.24) is 9.80 Å². The number of methoxy groups -OCH3 is 1. The molecule has 8 heteroatoms. The highest BCUT2D eigenvalue weighted by Gasteiger charge is 2.69. The van der Waals surface area contributed by atoms with Gasteiger partial charge in [-0.2, -0.15) is 0 Å². The molecule has 2 amide bonds. The highest BCUT2D eigenvalue weighted by molar-refractivity contribution is 5.94. The largest absolute Gasteiger partial charge is 0.497 e. The minimum absolute atomic E-state index is 0.00413. The molecule has 0 unspecified atom stereocenters. The molecule has 3 heterocycles. The fraction of sp³-hybridized carbons (Fsp3) is 0.800. The maximum atomic E-state index is 13.3. The Balaban J connectivity index is 0.857. The van der Waals surface area contributed by atoms with Crippen LogP contribution in [0.2, 0.25) is 0 Å². The molecular weight excluding hydrogens is 604 g/mol. The molecule has 8 rings (SSSR count).